The van der Waals surface area contributed by atoms with Crippen LogP contribution >= 0.6 is 0 Å². The first kappa shape index (κ1) is 12.1. The first-order valence-corrected chi connectivity index (χ1v) is 7.01. The quantitative estimate of drug-likeness (QED) is 0.721. The van der Waals surface area contributed by atoms with Crippen molar-refractivity contribution in [3.05, 3.63) is 71.8 Å². The molecule has 2 rings (SSSR count). The van der Waals surface area contributed by atoms with Gasteiger partial charge in [-0.1, -0.05) is 67.6 Å². The molecule has 0 amide bonds. The van der Waals surface area contributed by atoms with E-state index in [-0.39, 0.29) is 6.10 Å². The third kappa shape index (κ3) is 3.28. The van der Waals surface area contributed by atoms with Crippen molar-refractivity contribution >= 4 is 9.76 Å². The molecule has 0 heterocycles. The monoisotopic (exact) mass is 240 g/mol. The maximum Gasteiger partial charge on any atom is 0.230 e. The highest BCUT2D eigenvalue weighted by molar-refractivity contribution is 6.26. The van der Waals surface area contributed by atoms with Gasteiger partial charge >= 0.3 is 0 Å². The zero-order valence-corrected chi connectivity index (χ0v) is 11.0. The first-order chi connectivity index (χ1) is 8.42. The second-order valence-electron chi connectivity index (χ2n) is 3.82. The molecule has 2 heteroatoms. The zero-order valence-electron chi connectivity index (χ0n) is 9.97. The van der Waals surface area contributed by atoms with E-state index in [0.717, 1.165) is 6.04 Å². The molecule has 0 saturated carbocycles. The summed E-state index contributed by atoms with van der Waals surface area (Å²) in [5, 5.41) is 0. The van der Waals surface area contributed by atoms with E-state index in [1.807, 2.05) is 12.1 Å². The van der Waals surface area contributed by atoms with Crippen LogP contribution < -0.4 is 0 Å². The molecule has 0 N–H and O–H groups in total. The lowest BCUT2D eigenvalue weighted by atomic mass is 10.0. The number of rotatable bonds is 5. The Hall–Kier alpha value is -1.38. The van der Waals surface area contributed by atoms with Gasteiger partial charge in [-0.05, 0) is 17.2 Å². The molecule has 2 aromatic rings. The Labute approximate surface area is 105 Å². The van der Waals surface area contributed by atoms with E-state index in [1.165, 1.54) is 11.1 Å². The Bertz CT molecular complexity index is 388. The van der Waals surface area contributed by atoms with Gasteiger partial charge in [-0.2, -0.15) is 0 Å². The number of benzene rings is 2. The van der Waals surface area contributed by atoms with Crippen molar-refractivity contribution in [1.29, 1.82) is 0 Å². The molecule has 1 nitrogen and oxygen atoms in total. The summed E-state index contributed by atoms with van der Waals surface area (Å²) in [5.41, 5.74) is 2.44. The smallest absolute Gasteiger partial charge is 0.230 e. The van der Waals surface area contributed by atoms with Crippen molar-refractivity contribution in [2.24, 2.45) is 0 Å². The molecule has 0 saturated heterocycles. The van der Waals surface area contributed by atoms with Crippen molar-refractivity contribution in [2.75, 3.05) is 0 Å². The second kappa shape index (κ2) is 6.38. The van der Waals surface area contributed by atoms with Crippen molar-refractivity contribution in [3.63, 3.8) is 0 Å². The second-order valence-corrected chi connectivity index (χ2v) is 5.05. The van der Waals surface area contributed by atoms with Gasteiger partial charge in [0, 0.05) is 0 Å². The highest BCUT2D eigenvalue weighted by Crippen LogP contribution is 2.25. The molecule has 17 heavy (non-hydrogen) atoms. The summed E-state index contributed by atoms with van der Waals surface area (Å²) in [6.45, 7) is 2.14. The van der Waals surface area contributed by atoms with Gasteiger partial charge in [0.1, 0.15) is 0 Å². The molecule has 0 atom stereocenters. The van der Waals surface area contributed by atoms with E-state index >= 15 is 0 Å². The van der Waals surface area contributed by atoms with E-state index in [1.54, 1.807) is 0 Å². The maximum atomic E-state index is 5.99. The van der Waals surface area contributed by atoms with Gasteiger partial charge in [-0.15, -0.1) is 0 Å². The lowest BCUT2D eigenvalue weighted by Gasteiger charge is -2.18. The molecule has 2 aromatic carbocycles. The van der Waals surface area contributed by atoms with Gasteiger partial charge in [-0.3, -0.25) is 0 Å². The van der Waals surface area contributed by atoms with Gasteiger partial charge in [0.2, 0.25) is 9.76 Å². The van der Waals surface area contributed by atoms with Crippen LogP contribution in [0.15, 0.2) is 60.7 Å². The Morgan fingerprint density at radius 3 is 1.76 bits per heavy atom. The van der Waals surface area contributed by atoms with Gasteiger partial charge in [0.05, 0.1) is 6.10 Å². The van der Waals surface area contributed by atoms with Crippen LogP contribution in [-0.2, 0) is 4.43 Å². The molecule has 0 aliphatic carbocycles. The van der Waals surface area contributed by atoms with E-state index in [2.05, 4.69) is 55.5 Å². The topological polar surface area (TPSA) is 9.23 Å². The fraction of sp³-hybridized carbons (Fsp3) is 0.200. The van der Waals surface area contributed by atoms with Crippen LogP contribution in [0.3, 0.4) is 0 Å². The van der Waals surface area contributed by atoms with Crippen LogP contribution in [-0.4, -0.2) is 9.76 Å². The molecule has 0 unspecified atom stereocenters. The average Bonchev–Trinajstić information content (AvgIpc) is 2.42. The van der Waals surface area contributed by atoms with E-state index in [0.29, 0.717) is 9.76 Å². The van der Waals surface area contributed by atoms with Crippen molar-refractivity contribution in [3.8, 4) is 0 Å². The summed E-state index contributed by atoms with van der Waals surface area (Å²) in [6, 6.07) is 21.9. The lowest BCUT2D eigenvalue weighted by Crippen LogP contribution is -2.08. The van der Waals surface area contributed by atoms with Crippen molar-refractivity contribution in [1.82, 2.24) is 0 Å². The summed E-state index contributed by atoms with van der Waals surface area (Å²) < 4.78 is 5.99. The molecule has 86 valence electrons. The normalized spacial score (nSPS) is 10.7. The Morgan fingerprint density at radius 1 is 0.882 bits per heavy atom. The number of hydrogen-bond donors (Lipinski definition) is 0. The van der Waals surface area contributed by atoms with Crippen molar-refractivity contribution in [2.45, 2.75) is 19.1 Å². The Morgan fingerprint density at radius 2 is 1.35 bits per heavy atom. The predicted octanol–water partition coefficient (Wildman–Crippen LogP) is 3.85. The van der Waals surface area contributed by atoms with Crippen LogP contribution in [0.1, 0.15) is 24.2 Å². The predicted molar refractivity (Wildman–Crippen MR) is 72.0 cm³/mol. The highest BCUT2D eigenvalue weighted by atomic mass is 28.2. The van der Waals surface area contributed by atoms with E-state index < -0.39 is 0 Å². The van der Waals surface area contributed by atoms with Crippen molar-refractivity contribution < 1.29 is 4.43 Å². The third-order valence-electron chi connectivity index (χ3n) is 2.55. The molecule has 2 radical (unpaired) electrons. The first-order valence-electron chi connectivity index (χ1n) is 5.90. The minimum atomic E-state index is 0.0654. The van der Waals surface area contributed by atoms with Crippen LogP contribution in [0.5, 0.6) is 0 Å². The van der Waals surface area contributed by atoms with Crippen LogP contribution in [0.4, 0.5) is 0 Å². The third-order valence-corrected chi connectivity index (χ3v) is 3.24. The molecule has 0 aliphatic heterocycles. The Kier molecular flexibility index (Phi) is 4.53. The van der Waals surface area contributed by atoms with Gasteiger partial charge in [0.15, 0.2) is 0 Å². The molecular formula is C15H16OSi. The molecule has 0 spiro atoms. The zero-order chi connectivity index (χ0) is 11.9. The van der Waals surface area contributed by atoms with Gasteiger partial charge < -0.3 is 4.43 Å². The number of hydrogen-bond acceptors (Lipinski definition) is 1. The fourth-order valence-corrected chi connectivity index (χ4v) is 2.36. The minimum Gasteiger partial charge on any atom is -0.407 e. The van der Waals surface area contributed by atoms with Gasteiger partial charge in [-0.25, -0.2) is 0 Å². The largest absolute Gasteiger partial charge is 0.407 e. The lowest BCUT2D eigenvalue weighted by molar-refractivity contribution is 0.261. The molecular weight excluding hydrogens is 224 g/mol. The van der Waals surface area contributed by atoms with Crippen LogP contribution in [0.2, 0.25) is 6.04 Å². The van der Waals surface area contributed by atoms with Crippen LogP contribution in [0, 0.1) is 0 Å². The molecule has 0 bridgehead atoms. The highest BCUT2D eigenvalue weighted by Gasteiger charge is 2.13. The summed E-state index contributed by atoms with van der Waals surface area (Å²) in [4.78, 5) is 0. The summed E-state index contributed by atoms with van der Waals surface area (Å²) in [5.74, 6) is 0. The molecule has 0 fully saturated rings. The van der Waals surface area contributed by atoms with Gasteiger partial charge in [0.25, 0.3) is 0 Å². The summed E-state index contributed by atoms with van der Waals surface area (Å²) in [6.07, 6.45) is 0.0654. The molecule has 0 aliphatic rings. The van der Waals surface area contributed by atoms with E-state index in [4.69, 9.17) is 4.43 Å². The van der Waals surface area contributed by atoms with E-state index in [9.17, 15) is 0 Å². The standard InChI is InChI=1S/C15H16OSi/c1-2-17-16-15(13-9-5-3-6-10-13)14-11-7-4-8-12-14/h3-12,15H,2H2,1H3. The summed E-state index contributed by atoms with van der Waals surface area (Å²) >= 11 is 0. The minimum absolute atomic E-state index is 0.0654. The SMILES string of the molecule is CC[Si]OC(c1ccccc1)c1ccccc1. The van der Waals surface area contributed by atoms with Crippen LogP contribution in [0.25, 0.3) is 0 Å². The summed E-state index contributed by atoms with van der Waals surface area (Å²) in [7, 11) is 0.546. The fourth-order valence-electron chi connectivity index (χ4n) is 1.75. The molecule has 0 aromatic heterocycles. The Balaban J connectivity index is 2.26. The average molecular weight is 240 g/mol. The maximum absolute atomic E-state index is 5.99.